The molecule has 0 bridgehead atoms. The number of aromatic nitrogens is 3. The molecule has 7 heteroatoms. The second-order valence-corrected chi connectivity index (χ2v) is 4.65. The fraction of sp³-hybridized carbons (Fsp3) is 0.636. The molecule has 2 amide bonds. The Morgan fingerprint density at radius 1 is 1.50 bits per heavy atom. The summed E-state index contributed by atoms with van der Waals surface area (Å²) in [6.45, 7) is 4.14. The van der Waals surface area contributed by atoms with E-state index < -0.39 is 0 Å². The molecule has 0 aromatic carbocycles. The van der Waals surface area contributed by atoms with Crippen LogP contribution >= 0.6 is 0 Å². The van der Waals surface area contributed by atoms with E-state index in [0.29, 0.717) is 18.3 Å². The maximum atomic E-state index is 11.5. The molecule has 2 atom stereocenters. The maximum absolute atomic E-state index is 11.5. The molecule has 1 saturated carbocycles. The molecule has 1 aromatic rings. The summed E-state index contributed by atoms with van der Waals surface area (Å²) in [4.78, 5) is 26.9. The first-order valence-corrected chi connectivity index (χ1v) is 6.03. The number of carbonyl (C=O) groups excluding carboxylic acids is 2. The zero-order valence-corrected chi connectivity index (χ0v) is 10.5. The number of amides is 2. The van der Waals surface area contributed by atoms with Crippen LogP contribution in [0.4, 0.5) is 5.95 Å². The summed E-state index contributed by atoms with van der Waals surface area (Å²) in [5.74, 6) is 1.36. The number of hydrogen-bond acceptors (Lipinski definition) is 4. The number of nitrogens with one attached hydrogen (secondary N) is 3. The summed E-state index contributed by atoms with van der Waals surface area (Å²) < 4.78 is 0. The van der Waals surface area contributed by atoms with Crippen molar-refractivity contribution in [2.75, 3.05) is 11.9 Å². The number of rotatable bonds is 5. The Hall–Kier alpha value is -1.92. The third kappa shape index (κ3) is 3.28. The maximum Gasteiger partial charge on any atom is 0.248 e. The molecule has 0 aliphatic heterocycles. The second kappa shape index (κ2) is 5.16. The van der Waals surface area contributed by atoms with Gasteiger partial charge in [-0.3, -0.25) is 20.0 Å². The van der Waals surface area contributed by atoms with Crippen molar-refractivity contribution in [3.05, 3.63) is 5.82 Å². The highest BCUT2D eigenvalue weighted by Crippen LogP contribution is 2.37. The minimum Gasteiger partial charge on any atom is -0.355 e. The van der Waals surface area contributed by atoms with Crippen LogP contribution in [0.25, 0.3) is 0 Å². The summed E-state index contributed by atoms with van der Waals surface area (Å²) in [7, 11) is 0. The predicted octanol–water partition coefficient (Wildman–Crippen LogP) is 0.214. The number of anilines is 1. The van der Waals surface area contributed by atoms with E-state index in [-0.39, 0.29) is 30.1 Å². The summed E-state index contributed by atoms with van der Waals surface area (Å²) in [6.07, 6.45) is 1.18. The average molecular weight is 251 g/mol. The molecule has 1 aliphatic rings. The Kier molecular flexibility index (Phi) is 3.59. The van der Waals surface area contributed by atoms with Crippen LogP contribution in [0.3, 0.4) is 0 Å². The van der Waals surface area contributed by atoms with Crippen LogP contribution in [0.1, 0.15) is 25.6 Å². The van der Waals surface area contributed by atoms with Crippen molar-refractivity contribution in [2.45, 2.75) is 26.7 Å². The van der Waals surface area contributed by atoms with Crippen LogP contribution in [-0.2, 0) is 9.59 Å². The topological polar surface area (TPSA) is 99.8 Å². The molecule has 98 valence electrons. The summed E-state index contributed by atoms with van der Waals surface area (Å²) in [5, 5.41) is 11.7. The predicted molar refractivity (Wildman–Crippen MR) is 64.6 cm³/mol. The van der Waals surface area contributed by atoms with Crippen LogP contribution in [-0.4, -0.2) is 33.5 Å². The van der Waals surface area contributed by atoms with Gasteiger partial charge in [0.25, 0.3) is 0 Å². The molecule has 2 unspecified atom stereocenters. The van der Waals surface area contributed by atoms with Crippen molar-refractivity contribution in [3.63, 3.8) is 0 Å². The molecular weight excluding hydrogens is 234 g/mol. The first kappa shape index (κ1) is 12.5. The van der Waals surface area contributed by atoms with Crippen LogP contribution in [0.2, 0.25) is 0 Å². The van der Waals surface area contributed by atoms with Crippen LogP contribution in [0.5, 0.6) is 0 Å². The van der Waals surface area contributed by atoms with Crippen molar-refractivity contribution in [2.24, 2.45) is 11.8 Å². The number of hydrogen-bond donors (Lipinski definition) is 3. The van der Waals surface area contributed by atoms with E-state index in [2.05, 4.69) is 25.8 Å². The molecule has 0 saturated heterocycles. The van der Waals surface area contributed by atoms with E-state index in [9.17, 15) is 9.59 Å². The normalized spacial score (nSPS) is 21.4. The van der Waals surface area contributed by atoms with Crippen molar-refractivity contribution in [1.82, 2.24) is 20.5 Å². The van der Waals surface area contributed by atoms with Crippen molar-refractivity contribution >= 4 is 17.8 Å². The van der Waals surface area contributed by atoms with Gasteiger partial charge in [0.1, 0.15) is 5.82 Å². The zero-order valence-electron chi connectivity index (χ0n) is 10.5. The third-order valence-electron chi connectivity index (χ3n) is 2.95. The van der Waals surface area contributed by atoms with Gasteiger partial charge in [0.15, 0.2) is 0 Å². The highest BCUT2D eigenvalue weighted by atomic mass is 16.2. The molecule has 7 nitrogen and oxygen atoms in total. The van der Waals surface area contributed by atoms with Crippen LogP contribution in [0, 0.1) is 18.8 Å². The molecule has 1 fully saturated rings. The Balaban J connectivity index is 1.64. The largest absolute Gasteiger partial charge is 0.355 e. The minimum absolute atomic E-state index is 0.0454. The van der Waals surface area contributed by atoms with Crippen LogP contribution in [0.15, 0.2) is 0 Å². The quantitative estimate of drug-likeness (QED) is 0.696. The van der Waals surface area contributed by atoms with Gasteiger partial charge in [0.05, 0.1) is 0 Å². The van der Waals surface area contributed by atoms with Gasteiger partial charge < -0.3 is 5.32 Å². The van der Waals surface area contributed by atoms with Gasteiger partial charge in [-0.15, -0.1) is 5.10 Å². The molecule has 1 heterocycles. The first-order valence-electron chi connectivity index (χ1n) is 6.03. The lowest BCUT2D eigenvalue weighted by Gasteiger charge is -2.03. The monoisotopic (exact) mass is 251 g/mol. The van der Waals surface area contributed by atoms with Gasteiger partial charge in [-0.1, -0.05) is 6.92 Å². The lowest BCUT2D eigenvalue weighted by atomic mass is 10.3. The average Bonchev–Trinajstić information content (AvgIpc) is 2.90. The highest BCUT2D eigenvalue weighted by molar-refractivity contribution is 5.89. The van der Waals surface area contributed by atoms with Gasteiger partial charge in [-0.05, 0) is 19.3 Å². The van der Waals surface area contributed by atoms with Crippen LogP contribution < -0.4 is 10.6 Å². The number of carbonyl (C=O) groups is 2. The number of aryl methyl sites for hydroxylation is 1. The number of H-pyrrole nitrogens is 1. The molecular formula is C11H17N5O2. The summed E-state index contributed by atoms with van der Waals surface area (Å²) in [6, 6.07) is 0. The molecule has 1 aliphatic carbocycles. The fourth-order valence-electron chi connectivity index (χ4n) is 1.70. The van der Waals surface area contributed by atoms with E-state index in [1.54, 1.807) is 6.92 Å². The standard InChI is InChI=1S/C11H17N5O2/c1-6-5-8(6)10(18)12-4-3-9(17)14-11-13-7(2)15-16-11/h6,8H,3-5H2,1-2H3,(H,12,18)(H2,13,14,15,16,17). The number of nitrogens with zero attached hydrogens (tertiary/aromatic N) is 2. The summed E-state index contributed by atoms with van der Waals surface area (Å²) >= 11 is 0. The van der Waals surface area contributed by atoms with Crippen molar-refractivity contribution < 1.29 is 9.59 Å². The third-order valence-corrected chi connectivity index (χ3v) is 2.95. The Morgan fingerprint density at radius 3 is 2.78 bits per heavy atom. The molecule has 0 radical (unpaired) electrons. The Morgan fingerprint density at radius 2 is 2.22 bits per heavy atom. The van der Waals surface area contributed by atoms with Gasteiger partial charge in [0.2, 0.25) is 17.8 Å². The van der Waals surface area contributed by atoms with Gasteiger partial charge in [-0.25, -0.2) is 0 Å². The smallest absolute Gasteiger partial charge is 0.248 e. The lowest BCUT2D eigenvalue weighted by molar-refractivity contribution is -0.122. The zero-order chi connectivity index (χ0) is 13.1. The van der Waals surface area contributed by atoms with Gasteiger partial charge in [0, 0.05) is 18.9 Å². The van der Waals surface area contributed by atoms with E-state index in [1.165, 1.54) is 0 Å². The van der Waals surface area contributed by atoms with E-state index in [0.717, 1.165) is 6.42 Å². The molecule has 18 heavy (non-hydrogen) atoms. The first-order chi connectivity index (χ1) is 8.56. The van der Waals surface area contributed by atoms with E-state index in [1.807, 2.05) is 6.92 Å². The Bertz CT molecular complexity index is 456. The van der Waals surface area contributed by atoms with Crippen molar-refractivity contribution in [3.8, 4) is 0 Å². The molecule has 1 aromatic heterocycles. The van der Waals surface area contributed by atoms with E-state index >= 15 is 0 Å². The minimum atomic E-state index is -0.210. The number of aromatic amines is 1. The fourth-order valence-corrected chi connectivity index (χ4v) is 1.70. The highest BCUT2D eigenvalue weighted by Gasteiger charge is 2.38. The van der Waals surface area contributed by atoms with Gasteiger partial charge in [-0.2, -0.15) is 4.98 Å². The SMILES string of the molecule is Cc1nc(NC(=O)CCNC(=O)C2CC2C)n[nH]1. The Labute approximate surface area is 105 Å². The molecule has 3 N–H and O–H groups in total. The molecule has 0 spiro atoms. The summed E-state index contributed by atoms with van der Waals surface area (Å²) in [5.41, 5.74) is 0. The van der Waals surface area contributed by atoms with Crippen molar-refractivity contribution in [1.29, 1.82) is 0 Å². The lowest BCUT2D eigenvalue weighted by Crippen LogP contribution is -2.29. The molecule has 2 rings (SSSR count). The van der Waals surface area contributed by atoms with Gasteiger partial charge >= 0.3 is 0 Å². The second-order valence-electron chi connectivity index (χ2n) is 4.65. The van der Waals surface area contributed by atoms with E-state index in [4.69, 9.17) is 0 Å².